The van der Waals surface area contributed by atoms with Gasteiger partial charge in [-0.15, -0.1) is 22.0 Å². The Morgan fingerprint density at radius 3 is 2.88 bits per heavy atom. The maximum absolute atomic E-state index is 13.9. The summed E-state index contributed by atoms with van der Waals surface area (Å²) >= 11 is 7.23. The number of benzene rings is 1. The molecular weight excluding hydrogens is 353 g/mol. The second-order valence-electron chi connectivity index (χ2n) is 5.85. The molecule has 2 aromatic rings. The molecule has 2 N–H and O–H groups in total. The quantitative estimate of drug-likeness (QED) is 0.657. The second kappa shape index (κ2) is 6.57. The number of hydrogen-bond acceptors (Lipinski definition) is 6. The molecule has 0 saturated carbocycles. The van der Waals surface area contributed by atoms with Crippen LogP contribution in [0.3, 0.4) is 0 Å². The second-order valence-corrected chi connectivity index (χ2v) is 7.25. The zero-order chi connectivity index (χ0) is 17.3. The maximum atomic E-state index is 13.9. The van der Waals surface area contributed by atoms with Crippen LogP contribution in [0, 0.1) is 11.2 Å². The van der Waals surface area contributed by atoms with Crippen LogP contribution < -0.4 is 5.73 Å². The van der Waals surface area contributed by atoms with Gasteiger partial charge in [0.05, 0.1) is 23.4 Å². The van der Waals surface area contributed by atoms with E-state index in [-0.39, 0.29) is 11.5 Å². The summed E-state index contributed by atoms with van der Waals surface area (Å²) in [5.41, 5.74) is 6.39. The summed E-state index contributed by atoms with van der Waals surface area (Å²) in [7, 11) is 0. The third-order valence-electron chi connectivity index (χ3n) is 3.90. The van der Waals surface area contributed by atoms with Crippen molar-refractivity contribution in [2.24, 2.45) is 5.41 Å². The van der Waals surface area contributed by atoms with Gasteiger partial charge in [0.1, 0.15) is 10.8 Å². The molecule has 3 rings (SSSR count). The molecular formula is C16H15ClFN3O2S. The van der Waals surface area contributed by atoms with Crippen molar-refractivity contribution < 1.29 is 13.9 Å². The summed E-state index contributed by atoms with van der Waals surface area (Å²) in [6.07, 6.45) is 0.665. The summed E-state index contributed by atoms with van der Waals surface area (Å²) in [4.78, 5) is 11.8. The highest BCUT2D eigenvalue weighted by Gasteiger charge is 2.40. The highest BCUT2D eigenvalue weighted by molar-refractivity contribution is 7.99. The smallest absolute Gasteiger partial charge is 0.312 e. The first kappa shape index (κ1) is 17.0. The van der Waals surface area contributed by atoms with Crippen molar-refractivity contribution in [2.75, 3.05) is 18.1 Å². The van der Waals surface area contributed by atoms with Crippen molar-refractivity contribution >= 4 is 35.0 Å². The fraction of sp³-hybridized carbons (Fsp3) is 0.312. The number of thioether (sulfide) groups is 1. The lowest BCUT2D eigenvalue weighted by atomic mass is 9.92. The van der Waals surface area contributed by atoms with E-state index < -0.39 is 11.2 Å². The van der Waals surface area contributed by atoms with Crippen LogP contribution in [0.1, 0.15) is 13.3 Å². The molecule has 1 aliphatic rings. The molecule has 2 heterocycles. The first-order valence-electron chi connectivity index (χ1n) is 7.28. The van der Waals surface area contributed by atoms with Gasteiger partial charge in [-0.3, -0.25) is 4.79 Å². The Bertz CT molecular complexity index is 805. The molecule has 1 aliphatic heterocycles. The van der Waals surface area contributed by atoms with Crippen LogP contribution in [0.5, 0.6) is 0 Å². The molecule has 1 fully saturated rings. The number of nitrogens with zero attached hydrogens (tertiary/aromatic N) is 2. The number of halogens is 2. The topological polar surface area (TPSA) is 78.1 Å². The van der Waals surface area contributed by atoms with Gasteiger partial charge in [0.25, 0.3) is 0 Å². The normalized spacial score (nSPS) is 20.2. The molecule has 126 valence electrons. The number of anilines is 1. The van der Waals surface area contributed by atoms with Crippen LogP contribution >= 0.6 is 23.4 Å². The van der Waals surface area contributed by atoms with Crippen LogP contribution in [0.2, 0.25) is 5.02 Å². The average Bonchev–Trinajstić information content (AvgIpc) is 2.88. The summed E-state index contributed by atoms with van der Waals surface area (Å²) in [5, 5.41) is 9.00. The highest BCUT2D eigenvalue weighted by atomic mass is 35.5. The van der Waals surface area contributed by atoms with Gasteiger partial charge in [-0.2, -0.15) is 0 Å². The summed E-state index contributed by atoms with van der Waals surface area (Å²) in [5.74, 6) is -0.163. The minimum atomic E-state index is -0.545. The van der Waals surface area contributed by atoms with Gasteiger partial charge in [-0.05, 0) is 37.6 Å². The fourth-order valence-corrected chi connectivity index (χ4v) is 3.55. The Balaban J connectivity index is 1.80. The SMILES string of the molecule is C[C@@]1(CSc2nnc(-c3cc(Cl)ccc3F)cc2N)CCOC1=O. The van der Waals surface area contributed by atoms with E-state index in [0.29, 0.717) is 40.2 Å². The molecule has 1 aromatic heterocycles. The largest absolute Gasteiger partial charge is 0.465 e. The van der Waals surface area contributed by atoms with Gasteiger partial charge in [0.2, 0.25) is 0 Å². The van der Waals surface area contributed by atoms with Gasteiger partial charge < -0.3 is 10.5 Å². The van der Waals surface area contributed by atoms with Gasteiger partial charge in [0, 0.05) is 16.3 Å². The monoisotopic (exact) mass is 367 g/mol. The van der Waals surface area contributed by atoms with E-state index in [0.717, 1.165) is 0 Å². The number of carbonyl (C=O) groups is 1. The molecule has 5 nitrogen and oxygen atoms in total. The van der Waals surface area contributed by atoms with E-state index in [9.17, 15) is 9.18 Å². The first-order chi connectivity index (χ1) is 11.4. The molecule has 0 unspecified atom stereocenters. The van der Waals surface area contributed by atoms with Gasteiger partial charge in [-0.25, -0.2) is 4.39 Å². The number of carbonyl (C=O) groups excluding carboxylic acids is 1. The maximum Gasteiger partial charge on any atom is 0.312 e. The Hall–Kier alpha value is -1.86. The zero-order valence-corrected chi connectivity index (χ0v) is 14.5. The number of hydrogen-bond donors (Lipinski definition) is 1. The summed E-state index contributed by atoms with van der Waals surface area (Å²) in [6, 6.07) is 5.76. The van der Waals surface area contributed by atoms with Crippen LogP contribution in [0.4, 0.5) is 10.1 Å². The lowest BCUT2D eigenvalue weighted by Gasteiger charge is -2.17. The van der Waals surface area contributed by atoms with Crippen LogP contribution in [0.15, 0.2) is 29.3 Å². The number of rotatable bonds is 4. The van der Waals surface area contributed by atoms with Gasteiger partial charge in [0.15, 0.2) is 0 Å². The molecule has 0 bridgehead atoms. The molecule has 24 heavy (non-hydrogen) atoms. The number of ether oxygens (including phenoxy) is 1. The predicted molar refractivity (Wildman–Crippen MR) is 91.3 cm³/mol. The van der Waals surface area contributed by atoms with Crippen molar-refractivity contribution in [1.29, 1.82) is 0 Å². The molecule has 1 atom stereocenters. The lowest BCUT2D eigenvalue weighted by molar-refractivity contribution is -0.144. The van der Waals surface area contributed by atoms with Crippen molar-refractivity contribution in [3.05, 3.63) is 35.1 Å². The number of aromatic nitrogens is 2. The van der Waals surface area contributed by atoms with Crippen molar-refractivity contribution in [2.45, 2.75) is 18.4 Å². The molecule has 1 aromatic carbocycles. The standard InChI is InChI=1S/C16H15ClFN3O2S/c1-16(4-5-23-15(16)22)8-24-14-12(19)7-13(20-21-14)10-6-9(17)2-3-11(10)18/h2-3,6-7H,4-5,8H2,1H3,(H2,19,20)/t16-/m0/s1. The molecule has 0 radical (unpaired) electrons. The molecule has 0 amide bonds. The van der Waals surface area contributed by atoms with E-state index in [1.54, 1.807) is 6.07 Å². The summed E-state index contributed by atoms with van der Waals surface area (Å²) in [6.45, 7) is 2.29. The lowest BCUT2D eigenvalue weighted by Crippen LogP contribution is -2.25. The van der Waals surface area contributed by atoms with Crippen LogP contribution in [0.25, 0.3) is 11.3 Å². The fourth-order valence-electron chi connectivity index (χ4n) is 2.34. The Kier molecular flexibility index (Phi) is 4.64. The number of nitrogen functional groups attached to an aromatic ring is 1. The van der Waals surface area contributed by atoms with Crippen molar-refractivity contribution in [3.63, 3.8) is 0 Å². The van der Waals surface area contributed by atoms with Gasteiger partial charge >= 0.3 is 5.97 Å². The van der Waals surface area contributed by atoms with Crippen LogP contribution in [-0.4, -0.2) is 28.5 Å². The molecule has 0 aliphatic carbocycles. The number of nitrogens with two attached hydrogens (primary N) is 1. The average molecular weight is 368 g/mol. The third-order valence-corrected chi connectivity index (χ3v) is 5.51. The Labute approximate surface area is 147 Å². The van der Waals surface area contributed by atoms with E-state index in [2.05, 4.69) is 10.2 Å². The molecule has 1 saturated heterocycles. The highest BCUT2D eigenvalue weighted by Crippen LogP contribution is 2.37. The van der Waals surface area contributed by atoms with E-state index in [4.69, 9.17) is 22.1 Å². The number of esters is 1. The minimum absolute atomic E-state index is 0.209. The van der Waals surface area contributed by atoms with E-state index in [1.165, 1.54) is 30.0 Å². The summed E-state index contributed by atoms with van der Waals surface area (Å²) < 4.78 is 18.9. The third kappa shape index (κ3) is 3.32. The molecule has 0 spiro atoms. The Morgan fingerprint density at radius 2 is 2.21 bits per heavy atom. The first-order valence-corrected chi connectivity index (χ1v) is 8.64. The van der Waals surface area contributed by atoms with E-state index >= 15 is 0 Å². The Morgan fingerprint density at radius 1 is 1.42 bits per heavy atom. The molecule has 8 heteroatoms. The van der Waals surface area contributed by atoms with Gasteiger partial charge in [-0.1, -0.05) is 11.6 Å². The zero-order valence-electron chi connectivity index (χ0n) is 12.9. The minimum Gasteiger partial charge on any atom is -0.465 e. The van der Waals surface area contributed by atoms with Crippen molar-refractivity contribution in [3.8, 4) is 11.3 Å². The number of cyclic esters (lactones) is 1. The van der Waals surface area contributed by atoms with E-state index in [1.807, 2.05) is 6.92 Å². The van der Waals surface area contributed by atoms with Crippen molar-refractivity contribution in [1.82, 2.24) is 10.2 Å². The van der Waals surface area contributed by atoms with Crippen LogP contribution in [-0.2, 0) is 9.53 Å². The predicted octanol–water partition coefficient (Wildman–Crippen LogP) is 3.56.